The summed E-state index contributed by atoms with van der Waals surface area (Å²) in [7, 11) is 0. The van der Waals surface area contributed by atoms with Crippen LogP contribution in [0.5, 0.6) is 11.6 Å². The quantitative estimate of drug-likeness (QED) is 0.247. The number of halogens is 2. The largest absolute Gasteiger partial charge is 0.478 e. The third-order valence-electron chi connectivity index (χ3n) is 6.11. The van der Waals surface area contributed by atoms with Crippen molar-refractivity contribution >= 4 is 21.9 Å². The van der Waals surface area contributed by atoms with Crippen LogP contribution in [0.1, 0.15) is 6.92 Å². The Labute approximate surface area is 222 Å². The monoisotopic (exact) mass is 535 g/mol. The maximum atomic E-state index is 13.9. The second kappa shape index (κ2) is 11.6. The summed E-state index contributed by atoms with van der Waals surface area (Å²) in [4.78, 5) is 18.5. The lowest BCUT2D eigenvalue weighted by Crippen LogP contribution is -2.23. The Morgan fingerprint density at radius 3 is 2.59 bits per heavy atom. The molecular weight excluding hydrogens is 508 g/mol. The minimum atomic E-state index is -2.95. The molecule has 39 heavy (non-hydrogen) atoms. The van der Waals surface area contributed by atoms with Gasteiger partial charge in [0.1, 0.15) is 5.75 Å². The minimum Gasteiger partial charge on any atom is -0.478 e. The number of fused-ring (bicyclic) bond motifs is 2. The highest BCUT2D eigenvalue weighted by molar-refractivity contribution is 5.88. The van der Waals surface area contributed by atoms with E-state index in [9.17, 15) is 13.6 Å². The Bertz CT molecular complexity index is 1650. The number of rotatable bonds is 11. The Balaban J connectivity index is 1.60. The number of ether oxygens (including phenoxy) is 2. The van der Waals surface area contributed by atoms with Gasteiger partial charge in [0.2, 0.25) is 5.88 Å². The van der Waals surface area contributed by atoms with Crippen molar-refractivity contribution in [2.75, 3.05) is 26.3 Å². The maximum absolute atomic E-state index is 13.9. The Morgan fingerprint density at radius 2 is 1.85 bits per heavy atom. The Kier molecular flexibility index (Phi) is 7.80. The van der Waals surface area contributed by atoms with Crippen LogP contribution in [0.25, 0.3) is 38.8 Å². The van der Waals surface area contributed by atoms with Crippen molar-refractivity contribution in [1.29, 1.82) is 0 Å². The van der Waals surface area contributed by atoms with Crippen LogP contribution in [-0.4, -0.2) is 57.4 Å². The topological polar surface area (TPSA) is 103 Å². The van der Waals surface area contributed by atoms with Gasteiger partial charge in [0.25, 0.3) is 5.56 Å². The summed E-state index contributed by atoms with van der Waals surface area (Å²) in [6, 6.07) is 16.8. The fraction of sp³-hybridized carbons (Fsp3) is 0.250. The highest BCUT2D eigenvalue weighted by atomic mass is 19.3. The molecule has 0 aliphatic heterocycles. The molecule has 0 atom stereocenters. The first-order valence-electron chi connectivity index (χ1n) is 12.5. The van der Waals surface area contributed by atoms with Crippen LogP contribution in [-0.2, 0) is 6.54 Å². The van der Waals surface area contributed by atoms with E-state index in [1.807, 2.05) is 42.1 Å². The molecule has 0 saturated heterocycles. The number of aliphatic hydroxyl groups is 1. The first kappa shape index (κ1) is 26.3. The van der Waals surface area contributed by atoms with E-state index >= 15 is 0 Å². The van der Waals surface area contributed by atoms with E-state index in [1.54, 1.807) is 12.1 Å². The van der Waals surface area contributed by atoms with Crippen molar-refractivity contribution < 1.29 is 23.4 Å². The van der Waals surface area contributed by atoms with Crippen LogP contribution in [0.15, 0.2) is 71.7 Å². The second-order valence-corrected chi connectivity index (χ2v) is 8.71. The molecule has 0 amide bonds. The summed E-state index contributed by atoms with van der Waals surface area (Å²) in [5.41, 5.74) is 2.43. The normalized spacial score (nSPS) is 11.5. The van der Waals surface area contributed by atoms with Gasteiger partial charge in [-0.3, -0.25) is 14.0 Å². The Hall–Kier alpha value is -4.35. The summed E-state index contributed by atoms with van der Waals surface area (Å²) in [6.45, 7) is 1.18. The van der Waals surface area contributed by atoms with Gasteiger partial charge in [-0.2, -0.15) is 18.9 Å². The predicted octanol–water partition coefficient (Wildman–Crippen LogP) is 3.98. The average Bonchev–Trinajstić information content (AvgIpc) is 3.33. The van der Waals surface area contributed by atoms with Gasteiger partial charge in [0.05, 0.1) is 31.0 Å². The van der Waals surface area contributed by atoms with Crippen molar-refractivity contribution in [3.63, 3.8) is 0 Å². The van der Waals surface area contributed by atoms with Gasteiger partial charge in [0, 0.05) is 41.7 Å². The molecule has 0 aliphatic rings. The number of hydrogen-bond acceptors (Lipinski definition) is 7. The van der Waals surface area contributed by atoms with Gasteiger partial charge in [-0.25, -0.2) is 0 Å². The fourth-order valence-electron chi connectivity index (χ4n) is 4.38. The van der Waals surface area contributed by atoms with E-state index in [0.29, 0.717) is 60.0 Å². The number of alkyl halides is 2. The second-order valence-electron chi connectivity index (χ2n) is 8.71. The summed E-state index contributed by atoms with van der Waals surface area (Å²) >= 11 is 0. The first-order valence-corrected chi connectivity index (χ1v) is 12.5. The number of pyridine rings is 2. The minimum absolute atomic E-state index is 0.0146. The molecule has 9 nitrogen and oxygen atoms in total. The number of aromatic nitrogens is 4. The number of hydrogen-bond donors (Lipinski definition) is 2. The number of nitrogens with one attached hydrogen (secondary N) is 1. The molecule has 2 aromatic carbocycles. The maximum Gasteiger partial charge on any atom is 0.387 e. The van der Waals surface area contributed by atoms with Gasteiger partial charge in [-0.1, -0.05) is 6.07 Å². The average molecular weight is 536 g/mol. The van der Waals surface area contributed by atoms with Crippen LogP contribution in [0, 0.1) is 0 Å². The van der Waals surface area contributed by atoms with Gasteiger partial charge in [-0.05, 0) is 61.0 Å². The summed E-state index contributed by atoms with van der Waals surface area (Å²) in [6.07, 6.45) is 1.91. The molecule has 0 spiro atoms. The van der Waals surface area contributed by atoms with Crippen LogP contribution >= 0.6 is 0 Å². The molecule has 3 heterocycles. The van der Waals surface area contributed by atoms with E-state index in [2.05, 4.69) is 20.1 Å². The van der Waals surface area contributed by atoms with Gasteiger partial charge >= 0.3 is 6.61 Å². The highest BCUT2D eigenvalue weighted by Gasteiger charge is 2.16. The van der Waals surface area contributed by atoms with Crippen molar-refractivity contribution in [3.05, 3.63) is 77.2 Å². The zero-order valence-electron chi connectivity index (χ0n) is 21.2. The third kappa shape index (κ3) is 5.74. The molecule has 0 aliphatic carbocycles. The van der Waals surface area contributed by atoms with E-state index in [0.717, 1.165) is 10.9 Å². The summed E-state index contributed by atoms with van der Waals surface area (Å²) < 4.78 is 38.6. The molecule has 5 aromatic rings. The fourth-order valence-corrected chi connectivity index (χ4v) is 4.38. The molecule has 3 aromatic heterocycles. The first-order chi connectivity index (χ1) is 19.0. The zero-order chi connectivity index (χ0) is 27.4. The summed E-state index contributed by atoms with van der Waals surface area (Å²) in [5, 5.41) is 18.2. The standard InChI is InChI=1S/C28H27F2N5O4/c1-2-38-25-10-4-19-16-23(18-3-9-24-20(15-18)17-34(33-24)13-11-31-12-14-36)27(37)35(26(19)32-25)21-5-7-22(8-6-21)39-28(29)30/h3-10,15-17,28,31,36H,2,11-14H2,1H3. The van der Waals surface area contributed by atoms with Crippen molar-refractivity contribution in [2.45, 2.75) is 20.1 Å². The number of aliphatic hydroxyl groups excluding tert-OH is 1. The van der Waals surface area contributed by atoms with Crippen LogP contribution in [0.4, 0.5) is 8.78 Å². The van der Waals surface area contributed by atoms with Crippen LogP contribution in [0.2, 0.25) is 0 Å². The third-order valence-corrected chi connectivity index (χ3v) is 6.11. The van der Waals surface area contributed by atoms with Gasteiger partial charge in [-0.15, -0.1) is 0 Å². The molecular formula is C28H27F2N5O4. The van der Waals surface area contributed by atoms with E-state index in [1.165, 1.54) is 28.8 Å². The number of nitrogens with zero attached hydrogens (tertiary/aromatic N) is 4. The molecule has 2 N–H and O–H groups in total. The van der Waals surface area contributed by atoms with E-state index in [-0.39, 0.29) is 17.9 Å². The van der Waals surface area contributed by atoms with E-state index in [4.69, 9.17) is 9.84 Å². The molecule has 0 fully saturated rings. The molecule has 5 rings (SSSR count). The molecule has 202 valence electrons. The predicted molar refractivity (Wildman–Crippen MR) is 144 cm³/mol. The lowest BCUT2D eigenvalue weighted by Gasteiger charge is -2.14. The van der Waals surface area contributed by atoms with Crippen molar-refractivity contribution in [1.82, 2.24) is 24.6 Å². The van der Waals surface area contributed by atoms with Crippen LogP contribution < -0.4 is 20.3 Å². The molecule has 0 radical (unpaired) electrons. The molecule has 0 saturated carbocycles. The van der Waals surface area contributed by atoms with Crippen LogP contribution in [0.3, 0.4) is 0 Å². The molecule has 0 unspecified atom stereocenters. The van der Waals surface area contributed by atoms with Gasteiger partial charge < -0.3 is 19.9 Å². The molecule has 11 heteroatoms. The highest BCUT2D eigenvalue weighted by Crippen LogP contribution is 2.27. The lowest BCUT2D eigenvalue weighted by atomic mass is 10.0. The smallest absolute Gasteiger partial charge is 0.387 e. The van der Waals surface area contributed by atoms with E-state index < -0.39 is 6.61 Å². The number of benzene rings is 2. The lowest BCUT2D eigenvalue weighted by molar-refractivity contribution is -0.0498. The van der Waals surface area contributed by atoms with Crippen molar-refractivity contribution in [3.8, 4) is 28.4 Å². The summed E-state index contributed by atoms with van der Waals surface area (Å²) in [5.74, 6) is 0.352. The molecule has 0 bridgehead atoms. The van der Waals surface area contributed by atoms with Crippen molar-refractivity contribution in [2.24, 2.45) is 0 Å². The Morgan fingerprint density at radius 1 is 1.03 bits per heavy atom. The zero-order valence-corrected chi connectivity index (χ0v) is 21.2. The van der Waals surface area contributed by atoms with Gasteiger partial charge in [0.15, 0.2) is 5.65 Å². The SMILES string of the molecule is CCOc1ccc2cc(-c3ccc4nn(CCNCCO)cc4c3)c(=O)n(-c3ccc(OC(F)F)cc3)c2n1.